The highest BCUT2D eigenvalue weighted by atomic mass is 35.5. The molecule has 20 heavy (non-hydrogen) atoms. The van der Waals surface area contributed by atoms with Gasteiger partial charge in [-0.15, -0.1) is 12.4 Å². The number of hydrogen-bond acceptors (Lipinski definition) is 4. The molecule has 1 aliphatic carbocycles. The number of non-ortho nitro benzene ring substituents is 1. The van der Waals surface area contributed by atoms with Crippen LogP contribution in [0.5, 0.6) is 0 Å². The van der Waals surface area contributed by atoms with Crippen molar-refractivity contribution < 1.29 is 4.92 Å². The maximum atomic E-state index is 10.6. The number of nitrogens with zero attached hydrogens (tertiary/aromatic N) is 2. The van der Waals surface area contributed by atoms with Crippen LogP contribution in [0, 0.1) is 16.0 Å². The van der Waals surface area contributed by atoms with E-state index in [4.69, 9.17) is 5.73 Å². The highest BCUT2D eigenvalue weighted by Crippen LogP contribution is 2.34. The van der Waals surface area contributed by atoms with Gasteiger partial charge in [-0.2, -0.15) is 0 Å². The number of nitro groups is 1. The predicted molar refractivity (Wildman–Crippen MR) is 82.2 cm³/mol. The molecule has 1 aromatic carbocycles. The highest BCUT2D eigenvalue weighted by molar-refractivity contribution is 5.85. The molecule has 0 aromatic heterocycles. The summed E-state index contributed by atoms with van der Waals surface area (Å²) in [4.78, 5) is 12.5. The molecule has 1 atom stereocenters. The first-order valence-electron chi connectivity index (χ1n) is 6.75. The van der Waals surface area contributed by atoms with E-state index >= 15 is 0 Å². The summed E-state index contributed by atoms with van der Waals surface area (Å²) in [6, 6.07) is 7.28. The van der Waals surface area contributed by atoms with Crippen LogP contribution in [0.2, 0.25) is 0 Å². The van der Waals surface area contributed by atoms with Crippen LogP contribution in [-0.4, -0.2) is 36.0 Å². The van der Waals surface area contributed by atoms with Crippen molar-refractivity contribution in [3.63, 3.8) is 0 Å². The van der Waals surface area contributed by atoms with Crippen LogP contribution in [0.1, 0.15) is 18.4 Å². The van der Waals surface area contributed by atoms with Gasteiger partial charge in [-0.1, -0.05) is 12.1 Å². The van der Waals surface area contributed by atoms with Crippen LogP contribution in [-0.2, 0) is 6.42 Å². The Labute approximate surface area is 125 Å². The van der Waals surface area contributed by atoms with Crippen molar-refractivity contribution in [3.05, 3.63) is 39.9 Å². The van der Waals surface area contributed by atoms with E-state index < -0.39 is 0 Å². The summed E-state index contributed by atoms with van der Waals surface area (Å²) in [6.07, 6.45) is 3.49. The van der Waals surface area contributed by atoms with Crippen molar-refractivity contribution in [3.8, 4) is 0 Å². The summed E-state index contributed by atoms with van der Waals surface area (Å²) in [5.74, 6) is 0.770. The standard InChI is InChI=1S/C14H21N3O2.ClH/c1-16(14(10-15)12-4-5-12)9-8-11-2-6-13(7-3-11)17(18)19;/h2-3,6-7,12,14H,4-5,8-10,15H2,1H3;1H. The normalized spacial score (nSPS) is 15.8. The van der Waals surface area contributed by atoms with E-state index in [1.807, 2.05) is 12.1 Å². The summed E-state index contributed by atoms with van der Waals surface area (Å²) in [6.45, 7) is 1.65. The van der Waals surface area contributed by atoms with Gasteiger partial charge in [0.05, 0.1) is 4.92 Å². The molecular weight excluding hydrogens is 278 g/mol. The summed E-state index contributed by atoms with van der Waals surface area (Å²) in [5.41, 5.74) is 7.10. The van der Waals surface area contributed by atoms with E-state index in [9.17, 15) is 10.1 Å². The Morgan fingerprint density at radius 3 is 2.45 bits per heavy atom. The van der Waals surface area contributed by atoms with Gasteiger partial charge in [0.15, 0.2) is 0 Å². The summed E-state index contributed by atoms with van der Waals surface area (Å²) in [7, 11) is 2.11. The van der Waals surface area contributed by atoms with Crippen molar-refractivity contribution in [2.45, 2.75) is 25.3 Å². The lowest BCUT2D eigenvalue weighted by Gasteiger charge is -2.26. The van der Waals surface area contributed by atoms with E-state index in [-0.39, 0.29) is 23.0 Å². The SMILES string of the molecule is CN(CCc1ccc([N+](=O)[O-])cc1)C(CN)C1CC1.Cl. The van der Waals surface area contributed by atoms with E-state index in [2.05, 4.69) is 11.9 Å². The fourth-order valence-corrected chi connectivity index (χ4v) is 2.47. The van der Waals surface area contributed by atoms with Crippen molar-refractivity contribution >= 4 is 18.1 Å². The van der Waals surface area contributed by atoms with Gasteiger partial charge in [0.1, 0.15) is 0 Å². The number of likely N-dealkylation sites (N-methyl/N-ethyl adjacent to an activating group) is 1. The first-order valence-corrected chi connectivity index (χ1v) is 6.75. The van der Waals surface area contributed by atoms with Crippen molar-refractivity contribution in [1.82, 2.24) is 4.90 Å². The highest BCUT2D eigenvalue weighted by Gasteiger charge is 2.32. The molecule has 0 amide bonds. The number of halogens is 1. The second kappa shape index (κ2) is 7.57. The Balaban J connectivity index is 0.00000200. The topological polar surface area (TPSA) is 72.4 Å². The third-order valence-corrected chi connectivity index (χ3v) is 3.87. The maximum Gasteiger partial charge on any atom is 0.269 e. The number of hydrogen-bond donors (Lipinski definition) is 1. The molecule has 1 fully saturated rings. The monoisotopic (exact) mass is 299 g/mol. The fourth-order valence-electron chi connectivity index (χ4n) is 2.47. The fraction of sp³-hybridized carbons (Fsp3) is 0.571. The van der Waals surface area contributed by atoms with Gasteiger partial charge in [-0.05, 0) is 37.8 Å². The smallest absolute Gasteiger partial charge is 0.269 e. The van der Waals surface area contributed by atoms with Gasteiger partial charge in [-0.3, -0.25) is 10.1 Å². The van der Waals surface area contributed by atoms with Crippen LogP contribution in [0.4, 0.5) is 5.69 Å². The average molecular weight is 300 g/mol. The van der Waals surface area contributed by atoms with Gasteiger partial charge in [0, 0.05) is 31.3 Å². The second-order valence-electron chi connectivity index (χ2n) is 5.29. The van der Waals surface area contributed by atoms with E-state index in [1.54, 1.807) is 12.1 Å². The Morgan fingerprint density at radius 2 is 2.00 bits per heavy atom. The third-order valence-electron chi connectivity index (χ3n) is 3.87. The van der Waals surface area contributed by atoms with Crippen molar-refractivity contribution in [2.24, 2.45) is 11.7 Å². The lowest BCUT2D eigenvalue weighted by Crippen LogP contribution is -2.40. The van der Waals surface area contributed by atoms with Crippen LogP contribution < -0.4 is 5.73 Å². The molecule has 0 heterocycles. The van der Waals surface area contributed by atoms with Gasteiger partial charge in [-0.25, -0.2) is 0 Å². The number of nitrogens with two attached hydrogens (primary N) is 1. The molecule has 6 heteroatoms. The first kappa shape index (κ1) is 16.9. The van der Waals surface area contributed by atoms with E-state index in [0.717, 1.165) is 24.4 Å². The Morgan fingerprint density at radius 1 is 1.40 bits per heavy atom. The minimum absolute atomic E-state index is 0. The molecule has 5 nitrogen and oxygen atoms in total. The molecule has 1 aromatic rings. The zero-order chi connectivity index (χ0) is 13.8. The minimum Gasteiger partial charge on any atom is -0.329 e. The van der Waals surface area contributed by atoms with Crippen LogP contribution in [0.25, 0.3) is 0 Å². The average Bonchev–Trinajstić information content (AvgIpc) is 3.22. The van der Waals surface area contributed by atoms with Crippen LogP contribution in [0.3, 0.4) is 0 Å². The largest absolute Gasteiger partial charge is 0.329 e. The quantitative estimate of drug-likeness (QED) is 0.619. The zero-order valence-corrected chi connectivity index (χ0v) is 12.5. The lowest BCUT2D eigenvalue weighted by molar-refractivity contribution is -0.384. The predicted octanol–water partition coefficient (Wildman–Crippen LogP) is 2.23. The summed E-state index contributed by atoms with van der Waals surface area (Å²) in [5, 5.41) is 10.6. The lowest BCUT2D eigenvalue weighted by atomic mass is 10.1. The molecule has 0 radical (unpaired) electrons. The summed E-state index contributed by atoms with van der Waals surface area (Å²) < 4.78 is 0. The van der Waals surface area contributed by atoms with Crippen LogP contribution in [0.15, 0.2) is 24.3 Å². The Hall–Kier alpha value is -1.17. The number of nitro benzene ring substituents is 1. The molecule has 112 valence electrons. The Bertz CT molecular complexity index is 435. The molecular formula is C14H22ClN3O2. The maximum absolute atomic E-state index is 10.6. The van der Waals surface area contributed by atoms with Gasteiger partial charge >= 0.3 is 0 Å². The van der Waals surface area contributed by atoms with Crippen LogP contribution >= 0.6 is 12.4 Å². The molecule has 2 N–H and O–H groups in total. The first-order chi connectivity index (χ1) is 9.11. The molecule has 0 saturated heterocycles. The minimum atomic E-state index is -0.368. The van der Waals surface area contributed by atoms with Crippen molar-refractivity contribution in [1.29, 1.82) is 0 Å². The Kier molecular flexibility index (Phi) is 6.39. The molecule has 1 unspecified atom stereocenters. The zero-order valence-electron chi connectivity index (χ0n) is 11.7. The van der Waals surface area contributed by atoms with Gasteiger partial charge < -0.3 is 10.6 Å². The molecule has 1 aliphatic rings. The van der Waals surface area contributed by atoms with Crippen molar-refractivity contribution in [2.75, 3.05) is 20.1 Å². The molecule has 0 aliphatic heterocycles. The van der Waals surface area contributed by atoms with Gasteiger partial charge in [0.2, 0.25) is 0 Å². The van der Waals surface area contributed by atoms with E-state index in [1.165, 1.54) is 12.8 Å². The van der Waals surface area contributed by atoms with Gasteiger partial charge in [0.25, 0.3) is 5.69 Å². The van der Waals surface area contributed by atoms with E-state index in [0.29, 0.717) is 12.6 Å². The molecule has 1 saturated carbocycles. The second-order valence-corrected chi connectivity index (χ2v) is 5.29. The number of rotatable bonds is 7. The summed E-state index contributed by atoms with van der Waals surface area (Å²) >= 11 is 0. The molecule has 0 bridgehead atoms. The molecule has 0 spiro atoms. The third kappa shape index (κ3) is 4.44. The number of benzene rings is 1. The molecule has 2 rings (SSSR count).